The predicted molar refractivity (Wildman–Crippen MR) is 72.3 cm³/mol. The maximum atomic E-state index is 9.72. The third-order valence-electron chi connectivity index (χ3n) is 3.65. The van der Waals surface area contributed by atoms with Gasteiger partial charge in [-0.3, -0.25) is 0 Å². The Balaban J connectivity index is 2.18. The second-order valence-electron chi connectivity index (χ2n) is 5.49. The molecule has 1 aliphatic carbocycles. The average Bonchev–Trinajstić information content (AvgIpc) is 2.27. The number of hydrogen-bond acceptors (Lipinski definition) is 5. The number of aromatic nitrogens is 2. The maximum Gasteiger partial charge on any atom is 0.132 e. The van der Waals surface area contributed by atoms with Crippen molar-refractivity contribution in [3.05, 3.63) is 11.9 Å². The molecule has 1 fully saturated rings. The van der Waals surface area contributed by atoms with E-state index >= 15 is 0 Å². The first kappa shape index (κ1) is 13.1. The van der Waals surface area contributed by atoms with E-state index in [2.05, 4.69) is 22.2 Å². The van der Waals surface area contributed by atoms with Crippen molar-refractivity contribution in [2.24, 2.45) is 5.92 Å². The van der Waals surface area contributed by atoms with Crippen LogP contribution in [-0.4, -0.2) is 27.2 Å². The van der Waals surface area contributed by atoms with E-state index < -0.39 is 0 Å². The number of nitrogens with two attached hydrogens (primary N) is 1. The van der Waals surface area contributed by atoms with Crippen molar-refractivity contribution in [1.29, 1.82) is 0 Å². The van der Waals surface area contributed by atoms with Crippen LogP contribution < -0.4 is 11.1 Å². The lowest BCUT2D eigenvalue weighted by Crippen LogP contribution is -2.46. The van der Waals surface area contributed by atoms with Crippen molar-refractivity contribution in [3.63, 3.8) is 0 Å². The molecule has 0 aromatic carbocycles. The van der Waals surface area contributed by atoms with Crippen LogP contribution in [0.5, 0.6) is 0 Å². The summed E-state index contributed by atoms with van der Waals surface area (Å²) in [7, 11) is 0. The van der Waals surface area contributed by atoms with Crippen LogP contribution in [0.4, 0.5) is 11.6 Å². The molecule has 1 heterocycles. The second kappa shape index (κ2) is 5.10. The Labute approximate surface area is 108 Å². The molecule has 0 spiro atoms. The highest BCUT2D eigenvalue weighted by atomic mass is 16.3. The molecule has 2 unspecified atom stereocenters. The molecule has 1 aromatic heterocycles. The number of aliphatic hydroxyl groups excluding tert-OH is 1. The van der Waals surface area contributed by atoms with Gasteiger partial charge >= 0.3 is 0 Å². The molecule has 100 valence electrons. The molecule has 0 saturated heterocycles. The molecule has 1 saturated carbocycles. The first-order valence-corrected chi connectivity index (χ1v) is 6.53. The van der Waals surface area contributed by atoms with Crippen LogP contribution in [0.1, 0.15) is 38.4 Å². The highest BCUT2D eigenvalue weighted by molar-refractivity contribution is 5.46. The van der Waals surface area contributed by atoms with E-state index in [0.717, 1.165) is 19.3 Å². The van der Waals surface area contributed by atoms with Crippen LogP contribution in [-0.2, 0) is 0 Å². The molecule has 0 aliphatic heterocycles. The van der Waals surface area contributed by atoms with Gasteiger partial charge in [-0.1, -0.05) is 19.8 Å². The van der Waals surface area contributed by atoms with Crippen LogP contribution in [0.15, 0.2) is 6.07 Å². The molecular formula is C13H22N4O. The predicted octanol–water partition coefficient (Wildman–Crippen LogP) is 1.72. The minimum absolute atomic E-state index is 0.125. The van der Waals surface area contributed by atoms with Gasteiger partial charge in [0.05, 0.1) is 12.1 Å². The van der Waals surface area contributed by atoms with E-state index in [0.29, 0.717) is 23.4 Å². The molecule has 5 nitrogen and oxygen atoms in total. The van der Waals surface area contributed by atoms with Crippen molar-refractivity contribution in [2.75, 3.05) is 17.7 Å². The van der Waals surface area contributed by atoms with Gasteiger partial charge in [0, 0.05) is 6.07 Å². The van der Waals surface area contributed by atoms with Gasteiger partial charge in [0.1, 0.15) is 17.5 Å². The zero-order valence-electron chi connectivity index (χ0n) is 11.1. The van der Waals surface area contributed by atoms with Crippen LogP contribution in [0.25, 0.3) is 0 Å². The number of hydrogen-bond donors (Lipinski definition) is 3. The van der Waals surface area contributed by atoms with Gasteiger partial charge in [-0.05, 0) is 25.7 Å². The van der Waals surface area contributed by atoms with Gasteiger partial charge in [-0.25, -0.2) is 9.97 Å². The summed E-state index contributed by atoms with van der Waals surface area (Å²) in [5.74, 6) is 2.44. The number of nitrogen functional groups attached to an aromatic ring is 1. The largest absolute Gasteiger partial charge is 0.394 e. The van der Waals surface area contributed by atoms with E-state index in [-0.39, 0.29) is 12.1 Å². The van der Waals surface area contributed by atoms with Crippen LogP contribution in [0.3, 0.4) is 0 Å². The Bertz CT molecular complexity index is 403. The van der Waals surface area contributed by atoms with Gasteiger partial charge in [0.15, 0.2) is 0 Å². The summed E-state index contributed by atoms with van der Waals surface area (Å²) in [4.78, 5) is 8.39. The van der Waals surface area contributed by atoms with Gasteiger partial charge in [-0.2, -0.15) is 0 Å². The standard InChI is InChI=1S/C13H22N4O/c1-9-4-3-5-13(7-9,8-18)17-12-6-11(14)15-10(2)16-12/h6,9,18H,3-5,7-8H2,1-2H3,(H3,14,15,16,17). The molecule has 1 aliphatic rings. The van der Waals surface area contributed by atoms with Gasteiger partial charge < -0.3 is 16.2 Å². The van der Waals surface area contributed by atoms with E-state index in [4.69, 9.17) is 5.73 Å². The lowest BCUT2D eigenvalue weighted by atomic mass is 9.77. The Morgan fingerprint density at radius 3 is 2.94 bits per heavy atom. The lowest BCUT2D eigenvalue weighted by molar-refractivity contribution is 0.149. The molecule has 18 heavy (non-hydrogen) atoms. The zero-order chi connectivity index (χ0) is 13.2. The summed E-state index contributed by atoms with van der Waals surface area (Å²) >= 11 is 0. The van der Waals surface area contributed by atoms with Gasteiger partial charge in [0.25, 0.3) is 0 Å². The lowest BCUT2D eigenvalue weighted by Gasteiger charge is -2.39. The van der Waals surface area contributed by atoms with Crippen LogP contribution in [0, 0.1) is 12.8 Å². The smallest absolute Gasteiger partial charge is 0.132 e. The van der Waals surface area contributed by atoms with E-state index in [1.165, 1.54) is 6.42 Å². The molecule has 0 bridgehead atoms. The summed E-state index contributed by atoms with van der Waals surface area (Å²) in [5.41, 5.74) is 5.46. The Morgan fingerprint density at radius 2 is 2.33 bits per heavy atom. The number of nitrogens with zero attached hydrogens (tertiary/aromatic N) is 2. The first-order valence-electron chi connectivity index (χ1n) is 6.53. The first-order chi connectivity index (χ1) is 8.53. The van der Waals surface area contributed by atoms with E-state index in [1.54, 1.807) is 6.07 Å². The minimum atomic E-state index is -0.259. The summed E-state index contributed by atoms with van der Waals surface area (Å²) in [6.45, 7) is 4.17. The van der Waals surface area contributed by atoms with Crippen molar-refractivity contribution in [1.82, 2.24) is 9.97 Å². The Morgan fingerprint density at radius 1 is 1.56 bits per heavy atom. The highest BCUT2D eigenvalue weighted by Gasteiger charge is 2.34. The Hall–Kier alpha value is -1.36. The summed E-state index contributed by atoms with van der Waals surface area (Å²) in [5, 5.41) is 13.1. The molecule has 5 heteroatoms. The van der Waals surface area contributed by atoms with Crippen LogP contribution >= 0.6 is 0 Å². The Kier molecular flexibility index (Phi) is 3.71. The molecular weight excluding hydrogens is 228 g/mol. The number of aliphatic hydroxyl groups is 1. The normalized spacial score (nSPS) is 28.1. The summed E-state index contributed by atoms with van der Waals surface area (Å²) in [6, 6.07) is 1.73. The maximum absolute atomic E-state index is 9.72. The van der Waals surface area contributed by atoms with Crippen molar-refractivity contribution in [3.8, 4) is 0 Å². The fourth-order valence-electron chi connectivity index (χ4n) is 2.88. The van der Waals surface area contributed by atoms with Crippen molar-refractivity contribution in [2.45, 2.75) is 45.1 Å². The van der Waals surface area contributed by atoms with Crippen LogP contribution in [0.2, 0.25) is 0 Å². The summed E-state index contributed by atoms with van der Waals surface area (Å²) < 4.78 is 0. The number of anilines is 2. The summed E-state index contributed by atoms with van der Waals surface area (Å²) in [6.07, 6.45) is 4.30. The van der Waals surface area contributed by atoms with Crippen molar-refractivity contribution < 1.29 is 5.11 Å². The molecule has 0 radical (unpaired) electrons. The molecule has 4 N–H and O–H groups in total. The molecule has 1 aromatic rings. The van der Waals surface area contributed by atoms with Gasteiger partial charge in [-0.15, -0.1) is 0 Å². The zero-order valence-corrected chi connectivity index (χ0v) is 11.1. The minimum Gasteiger partial charge on any atom is -0.394 e. The molecule has 2 rings (SSSR count). The van der Waals surface area contributed by atoms with E-state index in [9.17, 15) is 5.11 Å². The SMILES string of the molecule is Cc1nc(N)cc(NC2(CO)CCCC(C)C2)n1. The van der Waals surface area contributed by atoms with E-state index in [1.807, 2.05) is 6.92 Å². The third kappa shape index (κ3) is 2.90. The quantitative estimate of drug-likeness (QED) is 0.760. The number of rotatable bonds is 3. The van der Waals surface area contributed by atoms with Gasteiger partial charge in [0.2, 0.25) is 0 Å². The average molecular weight is 250 g/mol. The molecule has 2 atom stereocenters. The number of aryl methyl sites for hydroxylation is 1. The fraction of sp³-hybridized carbons (Fsp3) is 0.692. The number of nitrogens with one attached hydrogen (secondary N) is 1. The van der Waals surface area contributed by atoms with Crippen molar-refractivity contribution >= 4 is 11.6 Å². The second-order valence-corrected chi connectivity index (χ2v) is 5.49. The monoisotopic (exact) mass is 250 g/mol. The third-order valence-corrected chi connectivity index (χ3v) is 3.65. The highest BCUT2D eigenvalue weighted by Crippen LogP contribution is 2.34. The topological polar surface area (TPSA) is 84.1 Å². The molecule has 0 amide bonds. The fourth-order valence-corrected chi connectivity index (χ4v) is 2.88.